The van der Waals surface area contributed by atoms with Crippen LogP contribution in [0.1, 0.15) is 48.5 Å². The summed E-state index contributed by atoms with van der Waals surface area (Å²) in [6, 6.07) is 11.5. The van der Waals surface area contributed by atoms with E-state index in [1.165, 1.54) is 6.20 Å². The maximum Gasteiger partial charge on any atom is 0.252 e. The van der Waals surface area contributed by atoms with Crippen LogP contribution in [-0.4, -0.2) is 32.3 Å². The summed E-state index contributed by atoms with van der Waals surface area (Å²) >= 11 is 0. The Morgan fingerprint density at radius 3 is 2.62 bits per heavy atom. The lowest BCUT2D eigenvalue weighted by Crippen LogP contribution is -2.36. The monoisotopic (exact) mass is 389 g/mol. The number of rotatable bonds is 4. The molecule has 0 atom stereocenters. The summed E-state index contributed by atoms with van der Waals surface area (Å²) < 4.78 is 1.72. The van der Waals surface area contributed by atoms with E-state index in [4.69, 9.17) is 11.0 Å². The maximum absolute atomic E-state index is 12.0. The smallest absolute Gasteiger partial charge is 0.252 e. The van der Waals surface area contributed by atoms with Crippen molar-refractivity contribution in [2.24, 2.45) is 5.73 Å². The molecule has 1 fully saturated rings. The zero-order chi connectivity index (χ0) is 20.6. The highest BCUT2D eigenvalue weighted by Crippen LogP contribution is 2.33. The van der Waals surface area contributed by atoms with Crippen molar-refractivity contribution in [1.29, 1.82) is 5.26 Å². The molecule has 3 aromatic rings. The highest BCUT2D eigenvalue weighted by atomic mass is 16.3. The van der Waals surface area contributed by atoms with E-state index in [0.717, 1.165) is 29.5 Å². The number of aliphatic hydroxyl groups is 1. The molecule has 1 aliphatic carbocycles. The second-order valence-corrected chi connectivity index (χ2v) is 7.96. The Labute approximate surface area is 168 Å². The number of hydrogen-bond donors (Lipinski definition) is 3. The predicted octanol–water partition coefficient (Wildman–Crippen LogP) is 3.08. The Morgan fingerprint density at radius 2 is 2.00 bits per heavy atom. The van der Waals surface area contributed by atoms with Gasteiger partial charge in [0.25, 0.3) is 5.91 Å². The van der Waals surface area contributed by atoms with Gasteiger partial charge in [-0.05, 0) is 56.4 Å². The first-order chi connectivity index (χ1) is 13.9. The van der Waals surface area contributed by atoms with Crippen LogP contribution < -0.4 is 11.1 Å². The number of carbonyl (C=O) groups is 1. The van der Waals surface area contributed by atoms with Crippen LogP contribution in [0, 0.1) is 11.3 Å². The molecule has 0 spiro atoms. The van der Waals surface area contributed by atoms with E-state index in [1.807, 2.05) is 31.3 Å². The van der Waals surface area contributed by atoms with Gasteiger partial charge in [0.05, 0.1) is 40.2 Å². The highest BCUT2D eigenvalue weighted by Gasteiger charge is 2.29. The first-order valence-electron chi connectivity index (χ1n) is 9.67. The molecule has 2 aromatic heterocycles. The molecule has 2 heterocycles. The first kappa shape index (κ1) is 19.0. The summed E-state index contributed by atoms with van der Waals surface area (Å²) in [6.45, 7) is 1.86. The van der Waals surface area contributed by atoms with Crippen molar-refractivity contribution in [3.63, 3.8) is 0 Å². The van der Waals surface area contributed by atoms with Crippen molar-refractivity contribution in [3.05, 3.63) is 53.9 Å². The quantitative estimate of drug-likeness (QED) is 0.634. The number of anilines is 1. The number of carbonyl (C=O) groups excluding carboxylic acids is 1. The van der Waals surface area contributed by atoms with Crippen LogP contribution in [0.5, 0.6) is 0 Å². The number of primary amides is 1. The first-order valence-corrected chi connectivity index (χ1v) is 9.67. The number of nitrogens with two attached hydrogens (primary N) is 1. The number of fused-ring (bicyclic) bond motifs is 1. The zero-order valence-corrected chi connectivity index (χ0v) is 16.2. The van der Waals surface area contributed by atoms with Crippen LogP contribution in [0.4, 0.5) is 5.69 Å². The topological polar surface area (TPSA) is 116 Å². The second kappa shape index (κ2) is 7.22. The average molecular weight is 389 g/mol. The molecule has 7 heteroatoms. The Morgan fingerprint density at radius 1 is 1.31 bits per heavy atom. The van der Waals surface area contributed by atoms with E-state index in [-0.39, 0.29) is 6.04 Å². The highest BCUT2D eigenvalue weighted by molar-refractivity contribution is 6.02. The molecule has 4 rings (SSSR count). The lowest BCUT2D eigenvalue weighted by Gasteiger charge is -2.34. The minimum atomic E-state index is -0.629. The fraction of sp³-hybridized carbons (Fsp3) is 0.318. The molecule has 1 saturated carbocycles. The summed E-state index contributed by atoms with van der Waals surface area (Å²) in [5.74, 6) is -0.536. The normalized spacial score (nSPS) is 21.6. The van der Waals surface area contributed by atoms with Gasteiger partial charge in [0.15, 0.2) is 0 Å². The van der Waals surface area contributed by atoms with Crippen molar-refractivity contribution in [1.82, 2.24) is 9.61 Å². The minimum absolute atomic E-state index is 0.146. The number of nitrogens with zero attached hydrogens (tertiary/aromatic N) is 3. The average Bonchev–Trinajstić information content (AvgIpc) is 3.14. The number of nitriles is 1. The van der Waals surface area contributed by atoms with Gasteiger partial charge in [-0.3, -0.25) is 4.79 Å². The van der Waals surface area contributed by atoms with Crippen LogP contribution in [0.3, 0.4) is 0 Å². The fourth-order valence-corrected chi connectivity index (χ4v) is 3.88. The molecule has 0 saturated heterocycles. The molecule has 29 heavy (non-hydrogen) atoms. The molecule has 7 nitrogen and oxygen atoms in total. The molecular formula is C22H23N5O2. The number of benzene rings is 1. The number of amides is 1. The van der Waals surface area contributed by atoms with E-state index in [0.29, 0.717) is 29.7 Å². The second-order valence-electron chi connectivity index (χ2n) is 7.96. The zero-order valence-electron chi connectivity index (χ0n) is 16.2. The third-order valence-corrected chi connectivity index (χ3v) is 5.66. The van der Waals surface area contributed by atoms with Gasteiger partial charge >= 0.3 is 0 Å². The van der Waals surface area contributed by atoms with Crippen molar-refractivity contribution in [2.75, 3.05) is 5.32 Å². The van der Waals surface area contributed by atoms with E-state index in [2.05, 4.69) is 16.5 Å². The predicted molar refractivity (Wildman–Crippen MR) is 110 cm³/mol. The Hall–Kier alpha value is -3.37. The fourth-order valence-electron chi connectivity index (χ4n) is 3.88. The Balaban J connectivity index is 1.72. The van der Waals surface area contributed by atoms with E-state index in [1.54, 1.807) is 16.6 Å². The van der Waals surface area contributed by atoms with E-state index >= 15 is 0 Å². The van der Waals surface area contributed by atoms with Gasteiger partial charge in [-0.25, -0.2) is 4.52 Å². The third-order valence-electron chi connectivity index (χ3n) is 5.66. The lowest BCUT2D eigenvalue weighted by molar-refractivity contribution is 0.0196. The summed E-state index contributed by atoms with van der Waals surface area (Å²) in [5, 5.41) is 27.0. The van der Waals surface area contributed by atoms with Crippen LogP contribution in [0.2, 0.25) is 0 Å². The molecule has 1 amide bonds. The summed E-state index contributed by atoms with van der Waals surface area (Å²) in [7, 11) is 0. The van der Waals surface area contributed by atoms with Crippen molar-refractivity contribution in [2.45, 2.75) is 44.2 Å². The molecule has 0 bridgehead atoms. The van der Waals surface area contributed by atoms with Crippen LogP contribution in [-0.2, 0) is 0 Å². The summed E-state index contributed by atoms with van der Waals surface area (Å²) in [4.78, 5) is 12.0. The van der Waals surface area contributed by atoms with E-state index < -0.39 is 11.5 Å². The summed E-state index contributed by atoms with van der Waals surface area (Å²) in [6.07, 6.45) is 6.40. The third kappa shape index (κ3) is 3.80. The van der Waals surface area contributed by atoms with E-state index in [9.17, 15) is 9.90 Å². The Bertz CT molecular complexity index is 1100. The molecule has 4 N–H and O–H groups in total. The molecule has 0 aliphatic heterocycles. The standard InChI is InChI=1S/C22H23N5O2/c1-22(29)8-6-17(7-9-22)26-20-18(21(24)28)12-25-27-13-16(10-19(20)27)15-4-2-14(11-23)3-5-15/h2-5,10,12-13,17,26,29H,6-9H2,1H3,(H2,24,28)/t17-,22-. The van der Waals surface area contributed by atoms with Gasteiger partial charge in [0.2, 0.25) is 0 Å². The largest absolute Gasteiger partial charge is 0.390 e. The molecule has 0 unspecified atom stereocenters. The van der Waals surface area contributed by atoms with Crippen molar-refractivity contribution in [3.8, 4) is 17.2 Å². The van der Waals surface area contributed by atoms with Crippen LogP contribution >= 0.6 is 0 Å². The SMILES string of the molecule is C[C@]1(O)CC[C@H](Nc2c(C(N)=O)cnn3cc(-c4ccc(C#N)cc4)cc23)CC1. The number of aromatic nitrogens is 2. The lowest BCUT2D eigenvalue weighted by atomic mass is 9.83. The van der Waals surface area contributed by atoms with Gasteiger partial charge in [-0.1, -0.05) is 12.1 Å². The van der Waals surface area contributed by atoms with Gasteiger partial charge in [-0.15, -0.1) is 0 Å². The number of hydrogen-bond acceptors (Lipinski definition) is 5. The molecule has 1 aliphatic rings. The Kier molecular flexibility index (Phi) is 4.73. The van der Waals surface area contributed by atoms with Gasteiger partial charge in [-0.2, -0.15) is 10.4 Å². The van der Waals surface area contributed by atoms with Gasteiger partial charge in [0.1, 0.15) is 0 Å². The van der Waals surface area contributed by atoms with Crippen LogP contribution in [0.25, 0.3) is 16.6 Å². The molecular weight excluding hydrogens is 366 g/mol. The van der Waals surface area contributed by atoms with Gasteiger partial charge in [0, 0.05) is 17.8 Å². The molecule has 1 aromatic carbocycles. The maximum atomic E-state index is 12.0. The molecule has 0 radical (unpaired) electrons. The van der Waals surface area contributed by atoms with Crippen molar-refractivity contribution >= 4 is 17.1 Å². The summed E-state index contributed by atoms with van der Waals surface area (Å²) in [5.41, 5.74) is 9.23. The van der Waals surface area contributed by atoms with Crippen molar-refractivity contribution < 1.29 is 9.90 Å². The van der Waals surface area contributed by atoms with Gasteiger partial charge < -0.3 is 16.2 Å². The number of nitrogens with one attached hydrogen (secondary N) is 1. The minimum Gasteiger partial charge on any atom is -0.390 e. The molecule has 148 valence electrons. The van der Waals surface area contributed by atoms with Crippen LogP contribution in [0.15, 0.2) is 42.7 Å².